The van der Waals surface area contributed by atoms with Gasteiger partial charge in [0.1, 0.15) is 0 Å². The predicted molar refractivity (Wildman–Crippen MR) is 144 cm³/mol. The molecular weight excluding hydrogens is 528 g/mol. The van der Waals surface area contributed by atoms with Gasteiger partial charge >= 0.3 is 0 Å². The molecule has 0 aliphatic carbocycles. The van der Waals surface area contributed by atoms with Gasteiger partial charge in [-0.1, -0.05) is 12.5 Å². The summed E-state index contributed by atoms with van der Waals surface area (Å²) in [5.74, 6) is -0.498. The summed E-state index contributed by atoms with van der Waals surface area (Å²) in [5.41, 5.74) is 1.32. The van der Waals surface area contributed by atoms with E-state index in [1.165, 1.54) is 26.8 Å². The normalized spacial score (nSPS) is 19.9. The van der Waals surface area contributed by atoms with E-state index in [9.17, 15) is 21.6 Å². The maximum atomic E-state index is 13.4. The molecule has 3 aliphatic rings. The Kier molecular flexibility index (Phi) is 8.06. The third-order valence-electron chi connectivity index (χ3n) is 7.32. The van der Waals surface area contributed by atoms with Crippen molar-refractivity contribution in [2.75, 3.05) is 62.7 Å². The number of benzene rings is 2. The van der Waals surface area contributed by atoms with Gasteiger partial charge in [-0.2, -0.15) is 8.61 Å². The monoisotopic (exact) mass is 562 g/mol. The number of carbonyl (C=O) groups is 1. The molecule has 0 aromatic heterocycles. The molecule has 3 saturated heterocycles. The minimum atomic E-state index is -3.77. The number of piperidine rings is 1. The summed E-state index contributed by atoms with van der Waals surface area (Å²) in [6.45, 7) is 3.79. The topological polar surface area (TPSA) is 116 Å². The van der Waals surface area contributed by atoms with Crippen molar-refractivity contribution in [2.45, 2.75) is 41.9 Å². The van der Waals surface area contributed by atoms with Gasteiger partial charge in [-0.3, -0.25) is 4.79 Å². The highest BCUT2D eigenvalue weighted by molar-refractivity contribution is 7.89. The van der Waals surface area contributed by atoms with E-state index in [0.29, 0.717) is 32.0 Å². The minimum Gasteiger partial charge on any atom is -0.379 e. The highest BCUT2D eigenvalue weighted by atomic mass is 32.2. The Morgan fingerprint density at radius 2 is 1.32 bits per heavy atom. The third kappa shape index (κ3) is 5.59. The average molecular weight is 563 g/mol. The Labute approximate surface area is 224 Å². The molecule has 206 valence electrons. The van der Waals surface area contributed by atoms with Crippen molar-refractivity contribution in [1.29, 1.82) is 0 Å². The zero-order chi connectivity index (χ0) is 26.8. The molecule has 0 bridgehead atoms. The van der Waals surface area contributed by atoms with E-state index >= 15 is 0 Å². The molecule has 38 heavy (non-hydrogen) atoms. The Bertz CT molecular complexity index is 1380. The largest absolute Gasteiger partial charge is 0.379 e. The molecule has 0 atom stereocenters. The van der Waals surface area contributed by atoms with Crippen molar-refractivity contribution in [3.8, 4) is 0 Å². The molecule has 0 radical (unpaired) electrons. The Morgan fingerprint density at radius 3 is 2.00 bits per heavy atom. The number of rotatable bonds is 7. The number of nitrogens with zero attached hydrogens (tertiary/aromatic N) is 3. The molecule has 0 unspecified atom stereocenters. The summed E-state index contributed by atoms with van der Waals surface area (Å²) in [7, 11) is -7.47. The lowest BCUT2D eigenvalue weighted by Gasteiger charge is -2.27. The highest BCUT2D eigenvalue weighted by Gasteiger charge is 2.29. The standard InChI is InChI=1S/C26H34N4O6S2/c31-26(21-7-6-8-22(19-21)37(32,33)29-13-2-1-3-14-29)27-24-20-23(9-10-25(24)28-11-4-5-12-28)38(34,35)30-15-17-36-18-16-30/h6-10,19-20H,1-5,11-18H2,(H,27,31). The van der Waals surface area contributed by atoms with Gasteiger partial charge in [0.05, 0.1) is 34.4 Å². The molecule has 10 nitrogen and oxygen atoms in total. The second-order valence-corrected chi connectivity index (χ2v) is 13.7. The SMILES string of the molecule is O=C(Nc1cc(S(=O)(=O)N2CCOCC2)ccc1N1CCCC1)c1cccc(S(=O)(=O)N2CCCCC2)c1. The number of hydrogen-bond acceptors (Lipinski definition) is 7. The lowest BCUT2D eigenvalue weighted by molar-refractivity contribution is 0.0730. The fraction of sp³-hybridized carbons (Fsp3) is 0.500. The zero-order valence-corrected chi connectivity index (χ0v) is 23.0. The second-order valence-electron chi connectivity index (χ2n) is 9.84. The van der Waals surface area contributed by atoms with Crippen LogP contribution in [0.25, 0.3) is 0 Å². The smallest absolute Gasteiger partial charge is 0.255 e. The maximum Gasteiger partial charge on any atom is 0.255 e. The molecule has 0 spiro atoms. The number of anilines is 2. The van der Waals surface area contributed by atoms with E-state index < -0.39 is 26.0 Å². The van der Waals surface area contributed by atoms with Crippen LogP contribution < -0.4 is 10.2 Å². The lowest BCUT2D eigenvalue weighted by atomic mass is 10.2. The van der Waals surface area contributed by atoms with E-state index in [-0.39, 0.29) is 28.4 Å². The molecule has 0 saturated carbocycles. The Balaban J connectivity index is 1.44. The van der Waals surface area contributed by atoms with E-state index in [1.54, 1.807) is 24.3 Å². The summed E-state index contributed by atoms with van der Waals surface area (Å²) in [6, 6.07) is 10.9. The molecule has 12 heteroatoms. The number of ether oxygens (including phenoxy) is 1. The minimum absolute atomic E-state index is 0.0791. The van der Waals surface area contributed by atoms with E-state index in [0.717, 1.165) is 50.9 Å². The predicted octanol–water partition coefficient (Wildman–Crippen LogP) is 2.73. The van der Waals surface area contributed by atoms with Gasteiger partial charge in [-0.25, -0.2) is 16.8 Å². The summed E-state index contributed by atoms with van der Waals surface area (Å²) >= 11 is 0. The van der Waals surface area contributed by atoms with Crippen LogP contribution in [0.4, 0.5) is 11.4 Å². The molecule has 3 fully saturated rings. The molecule has 1 N–H and O–H groups in total. The molecule has 3 heterocycles. The third-order valence-corrected chi connectivity index (χ3v) is 11.1. The van der Waals surface area contributed by atoms with E-state index in [2.05, 4.69) is 10.2 Å². The number of amides is 1. The van der Waals surface area contributed by atoms with E-state index in [1.807, 2.05) is 0 Å². The number of morpholine rings is 1. The van der Waals surface area contributed by atoms with Crippen LogP contribution in [-0.4, -0.2) is 83.8 Å². The van der Waals surface area contributed by atoms with Crippen molar-refractivity contribution < 1.29 is 26.4 Å². The van der Waals surface area contributed by atoms with Crippen LogP contribution in [0.15, 0.2) is 52.3 Å². The first-order valence-electron chi connectivity index (χ1n) is 13.2. The van der Waals surface area contributed by atoms with Crippen LogP contribution in [-0.2, 0) is 24.8 Å². The number of nitrogens with one attached hydrogen (secondary N) is 1. The first-order valence-corrected chi connectivity index (χ1v) is 16.0. The van der Waals surface area contributed by atoms with Gasteiger partial charge in [0, 0.05) is 44.8 Å². The average Bonchev–Trinajstić information content (AvgIpc) is 3.49. The Morgan fingerprint density at radius 1 is 0.711 bits per heavy atom. The molecule has 2 aromatic rings. The first-order chi connectivity index (χ1) is 18.3. The zero-order valence-electron chi connectivity index (χ0n) is 21.3. The molecular formula is C26H34N4O6S2. The van der Waals surface area contributed by atoms with Crippen LogP contribution >= 0.6 is 0 Å². The summed E-state index contributed by atoms with van der Waals surface area (Å²) in [5, 5.41) is 2.88. The summed E-state index contributed by atoms with van der Waals surface area (Å²) in [6.07, 6.45) is 4.67. The molecule has 3 aliphatic heterocycles. The second kappa shape index (κ2) is 11.3. The quantitative estimate of drug-likeness (QED) is 0.552. The number of sulfonamides is 2. The van der Waals surface area contributed by atoms with Crippen LogP contribution in [0.5, 0.6) is 0 Å². The molecule has 2 aromatic carbocycles. The van der Waals surface area contributed by atoms with Gasteiger partial charge in [0.2, 0.25) is 20.0 Å². The van der Waals surface area contributed by atoms with Crippen molar-refractivity contribution in [2.24, 2.45) is 0 Å². The van der Waals surface area contributed by atoms with Crippen molar-refractivity contribution in [1.82, 2.24) is 8.61 Å². The van der Waals surface area contributed by atoms with Gasteiger partial charge in [-0.15, -0.1) is 0 Å². The lowest BCUT2D eigenvalue weighted by Crippen LogP contribution is -2.40. The van der Waals surface area contributed by atoms with Crippen LogP contribution in [0.3, 0.4) is 0 Å². The van der Waals surface area contributed by atoms with Crippen molar-refractivity contribution in [3.05, 3.63) is 48.0 Å². The maximum absolute atomic E-state index is 13.4. The van der Waals surface area contributed by atoms with Gasteiger partial charge in [0.25, 0.3) is 5.91 Å². The number of carbonyl (C=O) groups excluding carboxylic acids is 1. The van der Waals surface area contributed by atoms with Gasteiger partial charge in [0.15, 0.2) is 0 Å². The highest BCUT2D eigenvalue weighted by Crippen LogP contribution is 2.33. The fourth-order valence-corrected chi connectivity index (χ4v) is 8.19. The van der Waals surface area contributed by atoms with Crippen molar-refractivity contribution >= 4 is 37.3 Å². The summed E-state index contributed by atoms with van der Waals surface area (Å²) < 4.78 is 61.1. The molecule has 5 rings (SSSR count). The molecule has 1 amide bonds. The van der Waals surface area contributed by atoms with Crippen LogP contribution in [0.2, 0.25) is 0 Å². The summed E-state index contributed by atoms with van der Waals surface area (Å²) in [4.78, 5) is 15.7. The van der Waals surface area contributed by atoms with Crippen molar-refractivity contribution in [3.63, 3.8) is 0 Å². The van der Waals surface area contributed by atoms with Crippen LogP contribution in [0.1, 0.15) is 42.5 Å². The number of hydrogen-bond donors (Lipinski definition) is 1. The van der Waals surface area contributed by atoms with Gasteiger partial charge < -0.3 is 15.0 Å². The van der Waals surface area contributed by atoms with Crippen LogP contribution in [0, 0.1) is 0 Å². The first kappa shape index (κ1) is 27.1. The van der Waals surface area contributed by atoms with E-state index in [4.69, 9.17) is 4.74 Å². The fourth-order valence-electron chi connectivity index (χ4n) is 5.19. The Hall–Kier alpha value is -2.51. The van der Waals surface area contributed by atoms with Gasteiger partial charge in [-0.05, 0) is 62.1 Å².